The maximum atomic E-state index is 13.4. The van der Waals surface area contributed by atoms with Crippen molar-refractivity contribution in [3.8, 4) is 0 Å². The molecule has 1 N–H and O–H groups in total. The van der Waals surface area contributed by atoms with Gasteiger partial charge in [-0.15, -0.1) is 0 Å². The van der Waals surface area contributed by atoms with Gasteiger partial charge < -0.3 is 15.1 Å². The molecule has 2 aliphatic heterocycles. The van der Waals surface area contributed by atoms with Gasteiger partial charge in [0.2, 0.25) is 5.91 Å². The van der Waals surface area contributed by atoms with Crippen molar-refractivity contribution in [2.75, 3.05) is 62.2 Å². The summed E-state index contributed by atoms with van der Waals surface area (Å²) in [5, 5.41) is 3.00. The first-order chi connectivity index (χ1) is 16.9. The number of halogens is 3. The molecule has 2 aliphatic rings. The minimum Gasteiger partial charge on any atom is -0.369 e. The van der Waals surface area contributed by atoms with E-state index in [2.05, 4.69) is 44.4 Å². The van der Waals surface area contributed by atoms with Gasteiger partial charge in [-0.1, -0.05) is 18.2 Å². The minimum absolute atomic E-state index is 0.0735. The molecule has 0 bridgehead atoms. The van der Waals surface area contributed by atoms with E-state index >= 15 is 0 Å². The van der Waals surface area contributed by atoms with Crippen molar-refractivity contribution >= 4 is 17.4 Å². The number of amides is 1. The van der Waals surface area contributed by atoms with Crippen molar-refractivity contribution < 1.29 is 18.0 Å². The summed E-state index contributed by atoms with van der Waals surface area (Å²) in [5.74, 6) is -0.474. The van der Waals surface area contributed by atoms with Crippen molar-refractivity contribution in [1.29, 1.82) is 0 Å². The highest BCUT2D eigenvalue weighted by Gasteiger charge is 2.37. The Kier molecular flexibility index (Phi) is 8.49. The van der Waals surface area contributed by atoms with Gasteiger partial charge in [-0.05, 0) is 56.5 Å². The lowest BCUT2D eigenvalue weighted by Gasteiger charge is -2.36. The van der Waals surface area contributed by atoms with E-state index in [1.165, 1.54) is 18.0 Å². The predicted octanol–water partition coefficient (Wildman–Crippen LogP) is 4.04. The summed E-state index contributed by atoms with van der Waals surface area (Å²) in [5.41, 5.74) is 0.527. The topological polar surface area (TPSA) is 51.7 Å². The number of anilines is 2. The van der Waals surface area contributed by atoms with Gasteiger partial charge in [0.15, 0.2) is 0 Å². The van der Waals surface area contributed by atoms with Crippen LogP contribution in [0.3, 0.4) is 0 Å². The molecule has 1 atom stereocenters. The van der Waals surface area contributed by atoms with E-state index in [1.807, 2.05) is 6.07 Å². The molecule has 9 heteroatoms. The van der Waals surface area contributed by atoms with E-state index in [9.17, 15) is 18.0 Å². The van der Waals surface area contributed by atoms with Gasteiger partial charge in [-0.3, -0.25) is 9.69 Å². The molecule has 0 spiro atoms. The lowest BCUT2D eigenvalue weighted by atomic mass is 9.96. The molecule has 1 amide bonds. The number of piperazine rings is 1. The zero-order valence-electron chi connectivity index (χ0n) is 20.0. The van der Waals surface area contributed by atoms with Crippen molar-refractivity contribution in [3.63, 3.8) is 0 Å². The Labute approximate surface area is 205 Å². The van der Waals surface area contributed by atoms with Gasteiger partial charge >= 0.3 is 6.18 Å². The fourth-order valence-corrected chi connectivity index (χ4v) is 4.94. The van der Waals surface area contributed by atoms with Crippen LogP contribution in [0.15, 0.2) is 48.7 Å². The van der Waals surface area contributed by atoms with Crippen LogP contribution in [0.4, 0.5) is 24.7 Å². The smallest absolute Gasteiger partial charge is 0.369 e. The molecule has 1 unspecified atom stereocenters. The molecule has 0 radical (unpaired) electrons. The number of carbonyl (C=O) groups excluding carboxylic acids is 1. The van der Waals surface area contributed by atoms with Crippen LogP contribution in [0, 0.1) is 5.92 Å². The van der Waals surface area contributed by atoms with Crippen LogP contribution in [-0.2, 0) is 11.0 Å². The second kappa shape index (κ2) is 11.7. The molecular formula is C26H34F3N5O. The molecule has 4 rings (SSSR count). The van der Waals surface area contributed by atoms with Crippen LogP contribution in [-0.4, -0.2) is 68.1 Å². The highest BCUT2D eigenvalue weighted by atomic mass is 19.4. The molecule has 1 aromatic heterocycles. The van der Waals surface area contributed by atoms with Crippen LogP contribution < -0.4 is 15.1 Å². The van der Waals surface area contributed by atoms with Crippen molar-refractivity contribution in [2.45, 2.75) is 31.9 Å². The molecule has 3 heterocycles. The van der Waals surface area contributed by atoms with Crippen LogP contribution in [0.5, 0.6) is 0 Å². The second-order valence-corrected chi connectivity index (χ2v) is 9.32. The Hall–Kier alpha value is -2.81. The summed E-state index contributed by atoms with van der Waals surface area (Å²) >= 11 is 0. The van der Waals surface area contributed by atoms with Gasteiger partial charge in [0.05, 0.1) is 11.5 Å². The van der Waals surface area contributed by atoms with Crippen LogP contribution in [0.25, 0.3) is 0 Å². The summed E-state index contributed by atoms with van der Waals surface area (Å²) in [6.45, 7) is 6.45. The summed E-state index contributed by atoms with van der Waals surface area (Å²) < 4.78 is 40.1. The quantitative estimate of drug-likeness (QED) is 0.568. The lowest BCUT2D eigenvalue weighted by molar-refractivity contribution is -0.137. The Balaban J connectivity index is 1.15. The Morgan fingerprint density at radius 2 is 1.74 bits per heavy atom. The molecule has 35 heavy (non-hydrogen) atoms. The average Bonchev–Trinajstić information content (AvgIpc) is 2.89. The van der Waals surface area contributed by atoms with E-state index < -0.39 is 11.7 Å². The molecule has 2 aromatic rings. The number of unbranched alkanes of at least 4 members (excludes halogenated alkanes) is 1. The third-order valence-corrected chi connectivity index (χ3v) is 6.88. The zero-order valence-corrected chi connectivity index (χ0v) is 20.0. The molecule has 2 saturated heterocycles. The van der Waals surface area contributed by atoms with Gasteiger partial charge in [0.25, 0.3) is 0 Å². The number of hydrogen-bond donors (Lipinski definition) is 1. The average molecular weight is 490 g/mol. The zero-order chi connectivity index (χ0) is 24.7. The highest BCUT2D eigenvalue weighted by molar-refractivity contribution is 5.79. The van der Waals surface area contributed by atoms with Gasteiger partial charge in [0, 0.05) is 57.7 Å². The first-order valence-corrected chi connectivity index (χ1v) is 12.5. The number of hydrogen-bond acceptors (Lipinski definition) is 5. The predicted molar refractivity (Wildman–Crippen MR) is 132 cm³/mol. The maximum absolute atomic E-state index is 13.4. The fourth-order valence-electron chi connectivity index (χ4n) is 4.94. The number of pyridine rings is 1. The maximum Gasteiger partial charge on any atom is 0.419 e. The number of para-hydroxylation sites is 1. The van der Waals surface area contributed by atoms with E-state index in [0.717, 1.165) is 51.6 Å². The molecule has 190 valence electrons. The van der Waals surface area contributed by atoms with Crippen LogP contribution in [0.2, 0.25) is 0 Å². The molecular weight excluding hydrogens is 455 g/mol. The van der Waals surface area contributed by atoms with Gasteiger partial charge in [-0.25, -0.2) is 4.98 Å². The number of aromatic nitrogens is 1. The fraction of sp³-hybridized carbons (Fsp3) is 0.538. The van der Waals surface area contributed by atoms with E-state index in [0.29, 0.717) is 25.9 Å². The standard InChI is InChI=1S/C26H34F3N5O/c27-26(28,29)23-11-6-13-30-24(23)34-15-7-8-21(20-34)25(35)31-12-4-5-14-32-16-18-33(19-17-32)22-9-2-1-3-10-22/h1-3,6,9-11,13,21H,4-5,7-8,12,14-20H2,(H,31,35). The Bertz CT molecular complexity index is 948. The normalized spacial score (nSPS) is 19.6. The third-order valence-electron chi connectivity index (χ3n) is 6.88. The third kappa shape index (κ3) is 6.87. The van der Waals surface area contributed by atoms with E-state index in [1.54, 1.807) is 4.90 Å². The summed E-state index contributed by atoms with van der Waals surface area (Å²) in [4.78, 5) is 23.2. The largest absolute Gasteiger partial charge is 0.419 e. The number of benzene rings is 1. The second-order valence-electron chi connectivity index (χ2n) is 9.32. The van der Waals surface area contributed by atoms with E-state index in [-0.39, 0.29) is 24.2 Å². The highest BCUT2D eigenvalue weighted by Crippen LogP contribution is 2.36. The molecule has 0 saturated carbocycles. The molecule has 0 aliphatic carbocycles. The van der Waals surface area contributed by atoms with E-state index in [4.69, 9.17) is 0 Å². The van der Waals surface area contributed by atoms with Crippen molar-refractivity contribution in [3.05, 3.63) is 54.2 Å². The van der Waals surface area contributed by atoms with Gasteiger partial charge in [-0.2, -0.15) is 13.2 Å². The minimum atomic E-state index is -4.47. The molecule has 2 fully saturated rings. The number of alkyl halides is 3. The monoisotopic (exact) mass is 489 g/mol. The van der Waals surface area contributed by atoms with Crippen molar-refractivity contribution in [2.24, 2.45) is 5.92 Å². The number of piperidine rings is 1. The number of carbonyl (C=O) groups is 1. The first kappa shape index (κ1) is 25.3. The number of nitrogens with one attached hydrogen (secondary N) is 1. The molecule has 1 aromatic carbocycles. The number of nitrogens with zero attached hydrogens (tertiary/aromatic N) is 4. The van der Waals surface area contributed by atoms with Gasteiger partial charge in [0.1, 0.15) is 5.82 Å². The Morgan fingerprint density at radius 3 is 2.49 bits per heavy atom. The summed E-state index contributed by atoms with van der Waals surface area (Å²) in [7, 11) is 0. The summed E-state index contributed by atoms with van der Waals surface area (Å²) in [6, 6.07) is 12.8. The SMILES string of the molecule is O=C(NCCCCN1CCN(c2ccccc2)CC1)C1CCCN(c2ncccc2C(F)(F)F)C1. The summed E-state index contributed by atoms with van der Waals surface area (Å²) in [6.07, 6.45) is 0.150. The van der Waals surface area contributed by atoms with Crippen molar-refractivity contribution in [1.82, 2.24) is 15.2 Å². The Morgan fingerprint density at radius 1 is 0.971 bits per heavy atom. The number of rotatable bonds is 8. The van der Waals surface area contributed by atoms with Crippen LogP contribution >= 0.6 is 0 Å². The van der Waals surface area contributed by atoms with Crippen LogP contribution in [0.1, 0.15) is 31.2 Å². The first-order valence-electron chi connectivity index (χ1n) is 12.5. The molecule has 6 nitrogen and oxygen atoms in total. The lowest BCUT2D eigenvalue weighted by Crippen LogP contribution is -2.46.